The second kappa shape index (κ2) is 19.8. The summed E-state index contributed by atoms with van der Waals surface area (Å²) in [7, 11) is 0. The van der Waals surface area contributed by atoms with Crippen molar-refractivity contribution in [2.75, 3.05) is 49.1 Å². The van der Waals surface area contributed by atoms with Crippen LogP contribution in [0.25, 0.3) is 21.8 Å². The third-order valence-corrected chi connectivity index (χ3v) is 12.4. The van der Waals surface area contributed by atoms with Gasteiger partial charge < -0.3 is 51.7 Å². The van der Waals surface area contributed by atoms with Crippen molar-refractivity contribution in [3.63, 3.8) is 0 Å². The minimum absolute atomic E-state index is 0.00301. The van der Waals surface area contributed by atoms with Gasteiger partial charge >= 0.3 is 5.97 Å². The molecule has 0 radical (unpaired) electrons. The number of hydrogen-bond donors (Lipinski definition) is 7. The summed E-state index contributed by atoms with van der Waals surface area (Å²) in [6.45, 7) is 1.73. The zero-order valence-electron chi connectivity index (χ0n) is 36.9. The van der Waals surface area contributed by atoms with Crippen LogP contribution < -0.4 is 59.0 Å². The van der Waals surface area contributed by atoms with E-state index in [1.165, 1.54) is 25.1 Å². The van der Waals surface area contributed by atoms with Crippen LogP contribution in [0.3, 0.4) is 0 Å². The Morgan fingerprint density at radius 3 is 1.59 bits per heavy atom. The number of nitrogens with one attached hydrogen (secondary N) is 2. The van der Waals surface area contributed by atoms with E-state index in [9.17, 15) is 24.3 Å². The number of pyridine rings is 2. The summed E-state index contributed by atoms with van der Waals surface area (Å²) in [6, 6.07) is 0.754. The molecule has 2 unspecified atom stereocenters. The van der Waals surface area contributed by atoms with E-state index in [4.69, 9.17) is 27.7 Å². The highest BCUT2D eigenvalue weighted by atomic mass is 19.1. The Morgan fingerprint density at radius 1 is 0.691 bits per heavy atom. The quantitative estimate of drug-likeness (QED) is 0.0280. The minimum Gasteiger partial charge on any atom is -0.477 e. The number of carboxylic acids is 1. The van der Waals surface area contributed by atoms with Crippen molar-refractivity contribution in [1.82, 2.24) is 19.8 Å². The number of fused-ring (bicyclic) bond motifs is 2. The van der Waals surface area contributed by atoms with Crippen molar-refractivity contribution in [2.45, 2.75) is 88.4 Å². The van der Waals surface area contributed by atoms with Crippen molar-refractivity contribution in [2.24, 2.45) is 42.9 Å². The molecule has 2 saturated carbocycles. The summed E-state index contributed by atoms with van der Waals surface area (Å²) in [6.07, 6.45) is 9.19. The van der Waals surface area contributed by atoms with Crippen molar-refractivity contribution < 1.29 is 37.0 Å². The first kappa shape index (κ1) is 47.1. The van der Waals surface area contributed by atoms with Gasteiger partial charge in [0.2, 0.25) is 10.9 Å². The van der Waals surface area contributed by atoms with E-state index in [1.807, 2.05) is 0 Å². The lowest BCUT2D eigenvalue weighted by Crippen LogP contribution is -2.42. The molecule has 2 aliphatic heterocycles. The molecule has 4 aromatic rings. The monoisotopic (exact) mass is 948 g/mol. The van der Waals surface area contributed by atoms with Gasteiger partial charge in [0.1, 0.15) is 28.6 Å². The second-order valence-electron chi connectivity index (χ2n) is 17.3. The number of nitrogens with two attached hydrogens (primary N) is 4. The molecule has 4 aliphatic rings. The molecule has 2 atom stereocenters. The predicted octanol–water partition coefficient (Wildman–Crippen LogP) is 2.63. The van der Waals surface area contributed by atoms with Gasteiger partial charge in [-0.05, 0) is 63.5 Å². The summed E-state index contributed by atoms with van der Waals surface area (Å²) in [5, 5.41) is 14.5. The number of aliphatic imine (C=N–C) groups is 4. The maximum atomic E-state index is 16.1. The molecule has 362 valence electrons. The maximum Gasteiger partial charge on any atom is 0.341 e. The number of carbonyl (C=O) groups excluding carboxylic acids is 1. The van der Waals surface area contributed by atoms with Gasteiger partial charge in [-0.1, -0.05) is 12.8 Å². The third-order valence-electron chi connectivity index (χ3n) is 12.4. The fourth-order valence-corrected chi connectivity index (χ4v) is 8.86. The van der Waals surface area contributed by atoms with Crippen LogP contribution in [0.4, 0.5) is 28.9 Å². The van der Waals surface area contributed by atoms with Gasteiger partial charge in [-0.25, -0.2) is 32.3 Å². The van der Waals surface area contributed by atoms with Gasteiger partial charge in [0.25, 0.3) is 6.47 Å². The number of aromatic carboxylic acids is 1. The van der Waals surface area contributed by atoms with E-state index < -0.39 is 57.7 Å². The van der Waals surface area contributed by atoms with E-state index in [-0.39, 0.29) is 108 Å². The van der Waals surface area contributed by atoms with Crippen molar-refractivity contribution >= 4 is 69.5 Å². The Bertz CT molecular complexity index is 2900. The number of guanidine groups is 4. The Kier molecular flexibility index (Phi) is 13.7. The molecular weight excluding hydrogens is 897 g/mol. The molecule has 24 heteroatoms. The number of rotatable bonds is 16. The molecule has 20 nitrogen and oxygen atoms in total. The molecule has 4 heterocycles. The molecule has 0 spiro atoms. The number of aromatic nitrogens is 2. The van der Waals surface area contributed by atoms with Crippen LogP contribution in [0, 0.1) is 23.3 Å². The molecule has 2 aromatic carbocycles. The second-order valence-corrected chi connectivity index (χ2v) is 17.3. The van der Waals surface area contributed by atoms with Crippen LogP contribution in [0.1, 0.15) is 86.6 Å². The number of ether oxygens (including phenoxy) is 1. The number of anilines is 2. The van der Waals surface area contributed by atoms with E-state index in [0.717, 1.165) is 44.0 Å². The highest BCUT2D eigenvalue weighted by Gasteiger charge is 2.35. The van der Waals surface area contributed by atoms with E-state index in [2.05, 4.69) is 30.6 Å². The number of benzene rings is 2. The average Bonchev–Trinajstić information content (AvgIpc) is 4.22. The zero-order valence-corrected chi connectivity index (χ0v) is 36.9. The summed E-state index contributed by atoms with van der Waals surface area (Å²) >= 11 is 0. The van der Waals surface area contributed by atoms with Gasteiger partial charge in [-0.3, -0.25) is 35.0 Å². The van der Waals surface area contributed by atoms with Crippen molar-refractivity contribution in [3.05, 3.63) is 73.8 Å². The fraction of sp³-hybridized carbons (Fsp3) is 0.455. The summed E-state index contributed by atoms with van der Waals surface area (Å²) < 4.78 is 70.8. The SMILES string of the molecule is NC(=NCCCCCCN=C(N)NC(N)=NC1CCN(c2c(F)cc3c(=O)c(C(=O)O)cn(C4CC4)c3c2F)C1)NC(N)=NC1CCN(c2c(F)cc3c(=O)c(OC=O)cn(C4CC4)c3c2F)C1. The largest absolute Gasteiger partial charge is 0.477 e. The average molecular weight is 949 g/mol. The third kappa shape index (κ3) is 10.1. The fourth-order valence-electron chi connectivity index (χ4n) is 8.86. The molecule has 8 rings (SSSR count). The smallest absolute Gasteiger partial charge is 0.341 e. The van der Waals surface area contributed by atoms with Crippen LogP contribution in [-0.2, 0) is 4.79 Å². The number of unbranched alkanes of at least 4 members (excludes halogenated alkanes) is 3. The first-order chi connectivity index (χ1) is 32.6. The summed E-state index contributed by atoms with van der Waals surface area (Å²) in [4.78, 5) is 68.8. The van der Waals surface area contributed by atoms with Crippen molar-refractivity contribution in [3.8, 4) is 5.75 Å². The maximum absolute atomic E-state index is 16.1. The molecule has 68 heavy (non-hydrogen) atoms. The Hall–Kier alpha value is -7.40. The topological polar surface area (TPSA) is 292 Å². The lowest BCUT2D eigenvalue weighted by atomic mass is 10.1. The van der Waals surface area contributed by atoms with Crippen molar-refractivity contribution in [1.29, 1.82) is 0 Å². The summed E-state index contributed by atoms with van der Waals surface area (Å²) in [5.41, 5.74) is 21.2. The molecule has 2 aromatic heterocycles. The number of halogens is 4. The Morgan fingerprint density at radius 2 is 1.15 bits per heavy atom. The first-order valence-corrected chi connectivity index (χ1v) is 22.4. The minimum atomic E-state index is -1.47. The first-order valence-electron chi connectivity index (χ1n) is 22.4. The molecular formula is C44H52F4N14O6. The molecule has 4 fully saturated rings. The zero-order chi connectivity index (χ0) is 48.4. The standard InChI is InChI=1S/C44H52F4N14O6/c45-29-15-26-34(61(24-5-6-24)19-28(38(26)64)40(66)67)32(47)36(29)59-13-9-22(17-59)55-43(51)57-41(49)53-11-3-1-2-4-12-54-42(50)58-44(52)56-23-10-14-60(18-23)37-30(46)16-27-35(33(37)48)62(25-7-8-25)20-31(39(27)65)68-21-63/h15-16,19-25H,1-14,17-18H2,(H,66,67)(H5,49,51,53,55,57)(H5,50,52,54,56,58). The number of carbonyl (C=O) groups is 2. The molecule has 11 N–H and O–H groups in total. The lowest BCUT2D eigenvalue weighted by molar-refractivity contribution is -0.120. The van der Waals surface area contributed by atoms with E-state index in [0.29, 0.717) is 51.6 Å². The van der Waals surface area contributed by atoms with Crippen LogP contribution in [-0.4, -0.2) is 102 Å². The number of nitrogens with zero attached hydrogens (tertiary/aromatic N) is 8. The van der Waals surface area contributed by atoms with Gasteiger partial charge in [0.05, 0.1) is 40.1 Å². The Balaban J connectivity index is 0.756. The molecule has 0 bridgehead atoms. The highest BCUT2D eigenvalue weighted by molar-refractivity contribution is 5.98. The normalized spacial score (nSPS) is 19.4. The molecule has 0 amide bonds. The van der Waals surface area contributed by atoms with Crippen LogP contribution >= 0.6 is 0 Å². The molecule has 2 aliphatic carbocycles. The Labute approximate surface area is 385 Å². The molecule has 2 saturated heterocycles. The van der Waals surface area contributed by atoms with Crippen LogP contribution in [0.15, 0.2) is 54.1 Å². The highest BCUT2D eigenvalue weighted by Crippen LogP contribution is 2.42. The lowest BCUT2D eigenvalue weighted by Gasteiger charge is -2.22. The van der Waals surface area contributed by atoms with Gasteiger partial charge in [-0.15, -0.1) is 0 Å². The van der Waals surface area contributed by atoms with E-state index in [1.54, 1.807) is 0 Å². The van der Waals surface area contributed by atoms with E-state index >= 15 is 17.6 Å². The van der Waals surface area contributed by atoms with Gasteiger partial charge in [0.15, 0.2) is 41.2 Å². The number of carboxylic acid groups (broad SMARTS) is 1. The predicted molar refractivity (Wildman–Crippen MR) is 249 cm³/mol. The summed E-state index contributed by atoms with van der Waals surface area (Å²) in [5.74, 6) is -5.39. The number of hydrogen-bond acceptors (Lipinski definition) is 11. The van der Waals surface area contributed by atoms with Gasteiger partial charge in [-0.2, -0.15) is 0 Å². The van der Waals surface area contributed by atoms with Crippen LogP contribution in [0.5, 0.6) is 5.75 Å². The van der Waals surface area contributed by atoms with Gasteiger partial charge in [0, 0.05) is 57.5 Å². The van der Waals surface area contributed by atoms with Crippen LogP contribution in [0.2, 0.25) is 0 Å².